The van der Waals surface area contributed by atoms with Crippen molar-refractivity contribution in [3.8, 4) is 10.6 Å². The Balaban J connectivity index is 1.80. The third kappa shape index (κ3) is 5.55. The van der Waals surface area contributed by atoms with Crippen LogP contribution in [0, 0.1) is 0 Å². The highest BCUT2D eigenvalue weighted by molar-refractivity contribution is 7.81. The molecule has 0 saturated carbocycles. The van der Waals surface area contributed by atoms with Gasteiger partial charge < -0.3 is 15.1 Å². The molecule has 0 aliphatic heterocycles. The maximum absolute atomic E-state index is 11.4. The van der Waals surface area contributed by atoms with Crippen molar-refractivity contribution in [1.82, 2.24) is 15.3 Å². The monoisotopic (exact) mass is 447 g/mol. The summed E-state index contributed by atoms with van der Waals surface area (Å²) in [6, 6.07) is 12.3. The summed E-state index contributed by atoms with van der Waals surface area (Å²) < 4.78 is 0. The highest BCUT2D eigenvalue weighted by Crippen LogP contribution is 2.31. The zero-order valence-corrected chi connectivity index (χ0v) is 19.1. The average molecular weight is 448 g/mol. The molecule has 0 aliphatic rings. The number of rotatable bonds is 9. The Kier molecular flexibility index (Phi) is 7.63. The molecule has 3 aromatic rings. The second kappa shape index (κ2) is 10.2. The van der Waals surface area contributed by atoms with Crippen molar-refractivity contribution in [3.05, 3.63) is 36.4 Å². The van der Waals surface area contributed by atoms with Gasteiger partial charge in [0, 0.05) is 50.7 Å². The Morgan fingerprint density at radius 2 is 1.83 bits per heavy atom. The molecule has 9 heteroatoms. The molecule has 29 heavy (non-hydrogen) atoms. The van der Waals surface area contributed by atoms with Gasteiger partial charge >= 0.3 is 0 Å². The standard InChI is InChI=1S/C20H25N5OS3/c1-24(2)15-5-3-14(4-6-15)19-22-16-7-8-17(23-20(16)29-19)25(11-12-27)10-9-21-18(26)13-28/h3-8,27-28H,9-13H2,1-2H3,(H,21,26). The number of pyridine rings is 1. The Morgan fingerprint density at radius 1 is 1.07 bits per heavy atom. The highest BCUT2D eigenvalue weighted by atomic mass is 32.1. The Bertz CT molecular complexity index is 958. The minimum absolute atomic E-state index is 0.0741. The summed E-state index contributed by atoms with van der Waals surface area (Å²) in [6.07, 6.45) is 0. The number of anilines is 2. The van der Waals surface area contributed by atoms with E-state index in [4.69, 9.17) is 9.97 Å². The van der Waals surface area contributed by atoms with E-state index in [9.17, 15) is 4.79 Å². The van der Waals surface area contributed by atoms with Crippen molar-refractivity contribution >= 4 is 64.4 Å². The summed E-state index contributed by atoms with van der Waals surface area (Å²) in [7, 11) is 4.05. The van der Waals surface area contributed by atoms with Gasteiger partial charge in [-0.25, -0.2) is 9.97 Å². The van der Waals surface area contributed by atoms with Crippen molar-refractivity contribution in [1.29, 1.82) is 0 Å². The fourth-order valence-corrected chi connectivity index (χ4v) is 4.15. The first-order valence-corrected chi connectivity index (χ1v) is 11.4. The van der Waals surface area contributed by atoms with Gasteiger partial charge in [0.1, 0.15) is 21.2 Å². The van der Waals surface area contributed by atoms with E-state index in [2.05, 4.69) is 64.6 Å². The van der Waals surface area contributed by atoms with Gasteiger partial charge in [-0.2, -0.15) is 25.3 Å². The molecule has 0 unspecified atom stereocenters. The largest absolute Gasteiger partial charge is 0.378 e. The molecule has 2 heterocycles. The number of hydrogen-bond donors (Lipinski definition) is 3. The minimum atomic E-state index is -0.0741. The Hall–Kier alpha value is -1.97. The number of carbonyl (C=O) groups excluding carboxylic acids is 1. The van der Waals surface area contributed by atoms with Gasteiger partial charge in [-0.15, -0.1) is 0 Å². The van der Waals surface area contributed by atoms with E-state index in [1.54, 1.807) is 11.3 Å². The molecule has 0 spiro atoms. The van der Waals surface area contributed by atoms with Crippen LogP contribution in [0.25, 0.3) is 20.9 Å². The summed E-state index contributed by atoms with van der Waals surface area (Å²) in [5, 5.41) is 3.80. The van der Waals surface area contributed by atoms with Gasteiger partial charge in [-0.3, -0.25) is 4.79 Å². The Morgan fingerprint density at radius 3 is 2.48 bits per heavy atom. The van der Waals surface area contributed by atoms with Crippen LogP contribution >= 0.6 is 36.6 Å². The molecule has 3 rings (SSSR count). The van der Waals surface area contributed by atoms with Crippen LogP contribution in [0.3, 0.4) is 0 Å². The van der Waals surface area contributed by atoms with Crippen LogP contribution in [-0.2, 0) is 4.79 Å². The normalized spacial score (nSPS) is 10.9. The van der Waals surface area contributed by atoms with Crippen molar-refractivity contribution in [3.63, 3.8) is 0 Å². The van der Waals surface area contributed by atoms with Crippen molar-refractivity contribution in [2.24, 2.45) is 0 Å². The van der Waals surface area contributed by atoms with Crippen LogP contribution in [0.1, 0.15) is 0 Å². The minimum Gasteiger partial charge on any atom is -0.378 e. The third-order valence-corrected chi connectivity index (χ3v) is 5.91. The average Bonchev–Trinajstić information content (AvgIpc) is 3.16. The summed E-state index contributed by atoms with van der Waals surface area (Å²) in [6.45, 7) is 1.95. The summed E-state index contributed by atoms with van der Waals surface area (Å²) in [4.78, 5) is 26.1. The van der Waals surface area contributed by atoms with E-state index in [0.29, 0.717) is 18.8 Å². The molecule has 0 atom stereocenters. The van der Waals surface area contributed by atoms with Crippen molar-refractivity contribution in [2.45, 2.75) is 0 Å². The second-order valence-corrected chi connectivity index (χ2v) is 8.41. The van der Waals surface area contributed by atoms with E-state index in [1.807, 2.05) is 26.2 Å². The van der Waals surface area contributed by atoms with E-state index < -0.39 is 0 Å². The van der Waals surface area contributed by atoms with Crippen LogP contribution in [-0.4, -0.2) is 61.1 Å². The molecule has 0 fully saturated rings. The zero-order chi connectivity index (χ0) is 20.8. The van der Waals surface area contributed by atoms with Crippen LogP contribution < -0.4 is 15.1 Å². The molecule has 6 nitrogen and oxygen atoms in total. The molecule has 1 aromatic carbocycles. The summed E-state index contributed by atoms with van der Waals surface area (Å²) in [5.41, 5.74) is 3.13. The molecule has 1 amide bonds. The molecule has 1 N–H and O–H groups in total. The number of nitrogens with zero attached hydrogens (tertiary/aromatic N) is 4. The number of carbonyl (C=O) groups is 1. The van der Waals surface area contributed by atoms with Crippen molar-refractivity contribution < 1.29 is 4.79 Å². The van der Waals surface area contributed by atoms with Crippen LogP contribution in [0.2, 0.25) is 0 Å². The lowest BCUT2D eigenvalue weighted by Gasteiger charge is -2.23. The SMILES string of the molecule is CN(C)c1ccc(-c2nc3ccc(N(CCS)CCNC(=O)CS)nc3s2)cc1. The molecule has 0 saturated heterocycles. The molecule has 2 aromatic heterocycles. The lowest BCUT2D eigenvalue weighted by atomic mass is 10.2. The number of hydrogen-bond acceptors (Lipinski definition) is 8. The number of thiazole rings is 1. The number of nitrogens with one attached hydrogen (secondary N) is 1. The van der Waals surface area contributed by atoms with Gasteiger partial charge in [0.15, 0.2) is 0 Å². The van der Waals surface area contributed by atoms with Gasteiger partial charge in [-0.05, 0) is 36.4 Å². The summed E-state index contributed by atoms with van der Waals surface area (Å²) >= 11 is 9.92. The molecule has 0 bridgehead atoms. The van der Waals surface area contributed by atoms with Crippen LogP contribution in [0.15, 0.2) is 36.4 Å². The first-order chi connectivity index (χ1) is 14.0. The smallest absolute Gasteiger partial charge is 0.229 e. The highest BCUT2D eigenvalue weighted by Gasteiger charge is 2.12. The quantitative estimate of drug-likeness (QED) is 0.440. The molecule has 154 valence electrons. The summed E-state index contributed by atoms with van der Waals surface area (Å²) in [5.74, 6) is 1.68. The van der Waals surface area contributed by atoms with E-state index in [-0.39, 0.29) is 11.7 Å². The number of thiol groups is 2. The fourth-order valence-electron chi connectivity index (χ4n) is 2.86. The molecule has 0 aliphatic carbocycles. The van der Waals surface area contributed by atoms with Gasteiger partial charge in [0.25, 0.3) is 0 Å². The number of aromatic nitrogens is 2. The third-order valence-electron chi connectivity index (χ3n) is 4.41. The number of fused-ring (bicyclic) bond motifs is 1. The number of benzene rings is 1. The lowest BCUT2D eigenvalue weighted by molar-refractivity contribution is -0.118. The fraction of sp³-hybridized carbons (Fsp3) is 0.350. The molecular formula is C20H25N5OS3. The van der Waals surface area contributed by atoms with Gasteiger partial charge in [0.2, 0.25) is 5.91 Å². The van der Waals surface area contributed by atoms with Crippen LogP contribution in [0.5, 0.6) is 0 Å². The van der Waals surface area contributed by atoms with E-state index >= 15 is 0 Å². The maximum Gasteiger partial charge on any atom is 0.229 e. The topological polar surface area (TPSA) is 61.4 Å². The Labute approximate surface area is 186 Å². The lowest BCUT2D eigenvalue weighted by Crippen LogP contribution is -2.36. The first-order valence-electron chi connectivity index (χ1n) is 9.30. The molecular weight excluding hydrogens is 422 g/mol. The van der Waals surface area contributed by atoms with Gasteiger partial charge in [0.05, 0.1) is 5.75 Å². The second-order valence-electron chi connectivity index (χ2n) is 6.67. The van der Waals surface area contributed by atoms with Gasteiger partial charge in [-0.1, -0.05) is 11.3 Å². The zero-order valence-electron chi connectivity index (χ0n) is 16.5. The van der Waals surface area contributed by atoms with E-state index in [1.165, 1.54) is 0 Å². The number of amides is 1. The maximum atomic E-state index is 11.4. The molecule has 0 radical (unpaired) electrons. The first kappa shape index (κ1) is 21.7. The van der Waals surface area contributed by atoms with E-state index in [0.717, 1.165) is 39.0 Å². The van der Waals surface area contributed by atoms with Crippen molar-refractivity contribution in [2.75, 3.05) is 55.0 Å². The predicted octanol–water partition coefficient (Wildman–Crippen LogP) is 3.21. The predicted molar refractivity (Wildman–Crippen MR) is 130 cm³/mol. The van der Waals surface area contributed by atoms with Crippen LogP contribution in [0.4, 0.5) is 11.5 Å².